The zero-order valence-corrected chi connectivity index (χ0v) is 5.21. The van der Waals surface area contributed by atoms with Crippen LogP contribution in [0.15, 0.2) is 0 Å². The molecule has 0 saturated carbocycles. The third-order valence-corrected chi connectivity index (χ3v) is 1.99. The van der Waals surface area contributed by atoms with E-state index >= 15 is 0 Å². The van der Waals surface area contributed by atoms with E-state index in [0.717, 1.165) is 0 Å². The monoisotopic (exact) mass is 106 g/mol. The molecule has 0 amide bonds. The van der Waals surface area contributed by atoms with Gasteiger partial charge in [0.1, 0.15) is 0 Å². The van der Waals surface area contributed by atoms with E-state index in [1.165, 1.54) is 0 Å². The molecule has 0 N–H and O–H groups in total. The fraction of sp³-hybridized carbons (Fsp3) is 1.00. The van der Waals surface area contributed by atoms with Gasteiger partial charge in [0.05, 0.1) is 0 Å². The Morgan fingerprint density at radius 3 is 1.67 bits per heavy atom. The van der Waals surface area contributed by atoms with Crippen LogP contribution in [0.3, 0.4) is 0 Å². The fourth-order valence-corrected chi connectivity index (χ4v) is 0. The zero-order chi connectivity index (χ0) is 5.15. The minimum absolute atomic E-state index is 0.324. The lowest BCUT2D eigenvalue weighted by Crippen LogP contribution is -2.00. The molecule has 0 spiro atoms. The van der Waals surface area contributed by atoms with Crippen LogP contribution >= 0.6 is 0 Å². The van der Waals surface area contributed by atoms with Crippen molar-refractivity contribution in [3.05, 3.63) is 0 Å². The topological polar surface area (TPSA) is 17.1 Å². The lowest BCUT2D eigenvalue weighted by molar-refractivity contribution is 0.681. The summed E-state index contributed by atoms with van der Waals surface area (Å²) >= 11 is 0. The van der Waals surface area contributed by atoms with Crippen LogP contribution in [0.5, 0.6) is 0 Å². The van der Waals surface area contributed by atoms with Crippen molar-refractivity contribution < 1.29 is 4.21 Å². The van der Waals surface area contributed by atoms with Crippen molar-refractivity contribution in [2.75, 3.05) is 6.26 Å². The third kappa shape index (κ3) is 2.39. The second-order valence-electron chi connectivity index (χ2n) is 1.55. The summed E-state index contributed by atoms with van der Waals surface area (Å²) in [7, 11) is -0.617. The van der Waals surface area contributed by atoms with E-state index in [0.29, 0.717) is 5.25 Å². The predicted octanol–water partition coefficient (Wildman–Crippen LogP) is 0.773. The molecule has 1 atom stereocenters. The van der Waals surface area contributed by atoms with Gasteiger partial charge in [-0.1, -0.05) is 13.8 Å². The molecule has 0 aliphatic carbocycles. The van der Waals surface area contributed by atoms with Gasteiger partial charge >= 0.3 is 0 Å². The highest BCUT2D eigenvalue weighted by Crippen LogP contribution is 1.85. The molecule has 0 rings (SSSR count). The van der Waals surface area contributed by atoms with Crippen molar-refractivity contribution in [3.8, 4) is 0 Å². The second kappa shape index (κ2) is 2.35. The fourth-order valence-electron chi connectivity index (χ4n) is 0. The van der Waals surface area contributed by atoms with E-state index < -0.39 is 10.8 Å². The third-order valence-electron chi connectivity index (χ3n) is 0.664. The van der Waals surface area contributed by atoms with Crippen LogP contribution < -0.4 is 0 Å². The molecular formula is C4H10OS. The highest BCUT2D eigenvalue weighted by atomic mass is 32.2. The van der Waals surface area contributed by atoms with Gasteiger partial charge < -0.3 is 0 Å². The predicted molar refractivity (Wildman–Crippen MR) is 29.2 cm³/mol. The first-order valence-corrected chi connectivity index (χ1v) is 3.59. The van der Waals surface area contributed by atoms with Crippen LogP contribution in [-0.2, 0) is 10.8 Å². The largest absolute Gasteiger partial charge is 0.260 e. The van der Waals surface area contributed by atoms with Crippen LogP contribution in [0.2, 0.25) is 0 Å². The van der Waals surface area contributed by atoms with Crippen molar-refractivity contribution in [2.45, 2.75) is 19.1 Å². The minimum atomic E-state index is -0.617. The van der Waals surface area contributed by atoms with Gasteiger partial charge in [0.2, 0.25) is 0 Å². The molecule has 0 aromatic heterocycles. The summed E-state index contributed by atoms with van der Waals surface area (Å²) in [6.45, 7) is 3.88. The van der Waals surface area contributed by atoms with Gasteiger partial charge in [0.15, 0.2) is 0 Å². The Kier molecular flexibility index (Phi) is 2.40. The average Bonchev–Trinajstić information content (AvgIpc) is 1.36. The van der Waals surface area contributed by atoms with Gasteiger partial charge in [-0.05, 0) is 0 Å². The maximum atomic E-state index is 10.3. The Balaban J connectivity index is 3.26. The molecule has 0 aromatic rings. The molecule has 0 radical (unpaired) electrons. The van der Waals surface area contributed by atoms with Crippen LogP contribution in [0, 0.1) is 0 Å². The van der Waals surface area contributed by atoms with E-state index in [1.54, 1.807) is 6.26 Å². The molecule has 0 saturated heterocycles. The van der Waals surface area contributed by atoms with Gasteiger partial charge in [-0.15, -0.1) is 0 Å². The van der Waals surface area contributed by atoms with E-state index in [2.05, 4.69) is 0 Å². The highest BCUT2D eigenvalue weighted by molar-refractivity contribution is 7.84. The molecular weight excluding hydrogens is 96.1 g/mol. The standard InChI is InChI=1S/C4H10OS/c1-4(2)6(3)5/h4H,1-3H3. The van der Waals surface area contributed by atoms with Crippen molar-refractivity contribution in [3.63, 3.8) is 0 Å². The van der Waals surface area contributed by atoms with Crippen molar-refractivity contribution in [1.82, 2.24) is 0 Å². The summed E-state index contributed by atoms with van der Waals surface area (Å²) in [6, 6.07) is 0. The SMILES string of the molecule is CC(C)S(C)=O. The second-order valence-corrected chi connectivity index (χ2v) is 3.49. The summed E-state index contributed by atoms with van der Waals surface area (Å²) in [4.78, 5) is 0. The maximum absolute atomic E-state index is 10.3. The van der Waals surface area contributed by atoms with E-state index in [4.69, 9.17) is 0 Å². The molecule has 0 aliphatic rings. The summed E-state index contributed by atoms with van der Waals surface area (Å²) < 4.78 is 10.3. The lowest BCUT2D eigenvalue weighted by Gasteiger charge is -1.92. The average molecular weight is 106 g/mol. The lowest BCUT2D eigenvalue weighted by atomic mass is 10.6. The molecule has 1 nitrogen and oxygen atoms in total. The Morgan fingerprint density at radius 1 is 1.50 bits per heavy atom. The zero-order valence-electron chi connectivity index (χ0n) is 4.39. The first-order valence-electron chi connectivity index (χ1n) is 1.97. The summed E-state index contributed by atoms with van der Waals surface area (Å²) in [5.41, 5.74) is 0. The van der Waals surface area contributed by atoms with Crippen LogP contribution in [0.4, 0.5) is 0 Å². The Morgan fingerprint density at radius 2 is 1.67 bits per heavy atom. The number of hydrogen-bond donors (Lipinski definition) is 0. The smallest absolute Gasteiger partial charge is 0.0288 e. The van der Waals surface area contributed by atoms with Crippen molar-refractivity contribution in [2.24, 2.45) is 0 Å². The molecule has 0 aliphatic heterocycles. The molecule has 0 bridgehead atoms. The summed E-state index contributed by atoms with van der Waals surface area (Å²) in [5, 5.41) is 0.324. The van der Waals surface area contributed by atoms with Crippen LogP contribution in [-0.4, -0.2) is 15.7 Å². The summed E-state index contributed by atoms with van der Waals surface area (Å²) in [6.07, 6.45) is 1.71. The van der Waals surface area contributed by atoms with Crippen molar-refractivity contribution in [1.29, 1.82) is 0 Å². The van der Waals surface area contributed by atoms with E-state index in [1.807, 2.05) is 13.8 Å². The molecule has 2 heteroatoms. The molecule has 0 heterocycles. The first kappa shape index (κ1) is 6.15. The van der Waals surface area contributed by atoms with Crippen LogP contribution in [0.25, 0.3) is 0 Å². The quantitative estimate of drug-likeness (QED) is 0.482. The van der Waals surface area contributed by atoms with Gasteiger partial charge in [-0.2, -0.15) is 0 Å². The van der Waals surface area contributed by atoms with Gasteiger partial charge in [-0.3, -0.25) is 4.21 Å². The molecule has 6 heavy (non-hydrogen) atoms. The van der Waals surface area contributed by atoms with E-state index in [-0.39, 0.29) is 0 Å². The molecule has 1 unspecified atom stereocenters. The molecule has 0 fully saturated rings. The summed E-state index contributed by atoms with van der Waals surface area (Å²) in [5.74, 6) is 0. The van der Waals surface area contributed by atoms with Crippen LogP contribution in [0.1, 0.15) is 13.8 Å². The normalized spacial score (nSPS) is 15.3. The number of hydrogen-bond acceptors (Lipinski definition) is 1. The van der Waals surface area contributed by atoms with E-state index in [9.17, 15) is 4.21 Å². The minimum Gasteiger partial charge on any atom is -0.260 e. The van der Waals surface area contributed by atoms with Gasteiger partial charge in [-0.25, -0.2) is 0 Å². The Labute approximate surface area is 41.2 Å². The maximum Gasteiger partial charge on any atom is 0.0288 e. The highest BCUT2D eigenvalue weighted by Gasteiger charge is 1.92. The molecule has 0 aromatic carbocycles. The molecule has 38 valence electrons. The Hall–Kier alpha value is 0.150. The van der Waals surface area contributed by atoms with Gasteiger partial charge in [0, 0.05) is 22.3 Å². The first-order chi connectivity index (χ1) is 2.64. The van der Waals surface area contributed by atoms with Crippen molar-refractivity contribution >= 4 is 10.8 Å². The number of rotatable bonds is 1. The Bertz CT molecular complexity index is 58.6. The van der Waals surface area contributed by atoms with Gasteiger partial charge in [0.25, 0.3) is 0 Å².